The van der Waals surface area contributed by atoms with Crippen molar-refractivity contribution < 1.29 is 14.7 Å². The second-order valence-corrected chi connectivity index (χ2v) is 5.50. The molecule has 0 radical (unpaired) electrons. The largest absolute Gasteiger partial charge is 0.491 e. The molecule has 0 bridgehead atoms. The molecule has 1 atom stereocenters. The molecule has 0 spiro atoms. The standard InChI is InChI=1S/C19H23NO3/c1-14-9-10-19(15(2)20-22-3)16(11-14)12-17(21)13-23-18-7-5-4-6-8-18/h4-11,17,21H,12-13H2,1-3H3/b20-15+. The van der Waals surface area contributed by atoms with Crippen LogP contribution in [0, 0.1) is 6.92 Å². The molecule has 2 aromatic carbocycles. The fourth-order valence-corrected chi connectivity index (χ4v) is 2.45. The van der Waals surface area contributed by atoms with Gasteiger partial charge in [0, 0.05) is 12.0 Å². The van der Waals surface area contributed by atoms with Crippen molar-refractivity contribution in [1.82, 2.24) is 0 Å². The number of para-hydroxylation sites is 1. The molecule has 2 aromatic rings. The van der Waals surface area contributed by atoms with Gasteiger partial charge < -0.3 is 14.7 Å². The zero-order chi connectivity index (χ0) is 16.7. The molecule has 0 amide bonds. The molecule has 0 heterocycles. The molecule has 1 unspecified atom stereocenters. The molecule has 4 heteroatoms. The van der Waals surface area contributed by atoms with Crippen molar-refractivity contribution in [1.29, 1.82) is 0 Å². The third-order valence-corrected chi connectivity index (χ3v) is 3.52. The normalized spacial score (nSPS) is 12.8. The molecule has 4 nitrogen and oxygen atoms in total. The van der Waals surface area contributed by atoms with Crippen molar-refractivity contribution >= 4 is 5.71 Å². The number of nitrogens with zero attached hydrogens (tertiary/aromatic N) is 1. The van der Waals surface area contributed by atoms with Gasteiger partial charge in [0.2, 0.25) is 0 Å². The second kappa shape index (κ2) is 8.34. The Morgan fingerprint density at radius 1 is 1.17 bits per heavy atom. The van der Waals surface area contributed by atoms with Gasteiger partial charge in [0.05, 0.1) is 11.8 Å². The summed E-state index contributed by atoms with van der Waals surface area (Å²) in [6.45, 7) is 4.17. The van der Waals surface area contributed by atoms with Gasteiger partial charge in [-0.2, -0.15) is 0 Å². The van der Waals surface area contributed by atoms with E-state index in [0.29, 0.717) is 6.42 Å². The third-order valence-electron chi connectivity index (χ3n) is 3.52. The summed E-state index contributed by atoms with van der Waals surface area (Å²) in [4.78, 5) is 4.85. The molecular formula is C19H23NO3. The van der Waals surface area contributed by atoms with Gasteiger partial charge in [-0.3, -0.25) is 0 Å². The van der Waals surface area contributed by atoms with Crippen molar-refractivity contribution in [2.45, 2.75) is 26.4 Å². The summed E-state index contributed by atoms with van der Waals surface area (Å²) in [6.07, 6.45) is -0.0912. The van der Waals surface area contributed by atoms with Crippen LogP contribution in [0.25, 0.3) is 0 Å². The summed E-state index contributed by atoms with van der Waals surface area (Å²) >= 11 is 0. The van der Waals surface area contributed by atoms with E-state index in [1.807, 2.05) is 56.3 Å². The lowest BCUT2D eigenvalue weighted by atomic mass is 9.97. The van der Waals surface area contributed by atoms with Crippen LogP contribution in [0.2, 0.25) is 0 Å². The zero-order valence-corrected chi connectivity index (χ0v) is 13.8. The molecule has 0 aliphatic rings. The summed E-state index contributed by atoms with van der Waals surface area (Å²) in [5.74, 6) is 0.758. The van der Waals surface area contributed by atoms with Gasteiger partial charge in [-0.15, -0.1) is 0 Å². The number of benzene rings is 2. The van der Waals surface area contributed by atoms with E-state index in [1.165, 1.54) is 7.11 Å². The van der Waals surface area contributed by atoms with Gasteiger partial charge in [0.25, 0.3) is 0 Å². The van der Waals surface area contributed by atoms with Crippen LogP contribution in [0.5, 0.6) is 5.75 Å². The maximum Gasteiger partial charge on any atom is 0.119 e. The molecule has 2 rings (SSSR count). The Morgan fingerprint density at radius 2 is 1.91 bits per heavy atom. The van der Waals surface area contributed by atoms with Gasteiger partial charge in [0.1, 0.15) is 19.5 Å². The number of rotatable bonds is 7. The minimum absolute atomic E-state index is 0.248. The van der Waals surface area contributed by atoms with Crippen LogP contribution >= 0.6 is 0 Å². The van der Waals surface area contributed by atoms with Crippen molar-refractivity contribution in [3.63, 3.8) is 0 Å². The predicted octanol–water partition coefficient (Wildman–Crippen LogP) is 3.35. The zero-order valence-electron chi connectivity index (χ0n) is 13.8. The van der Waals surface area contributed by atoms with E-state index in [0.717, 1.165) is 28.2 Å². The van der Waals surface area contributed by atoms with E-state index < -0.39 is 6.10 Å². The Kier molecular flexibility index (Phi) is 6.18. The summed E-state index contributed by atoms with van der Waals surface area (Å²) in [7, 11) is 1.53. The highest BCUT2D eigenvalue weighted by Crippen LogP contribution is 2.16. The number of hydrogen-bond donors (Lipinski definition) is 1. The van der Waals surface area contributed by atoms with E-state index >= 15 is 0 Å². The van der Waals surface area contributed by atoms with Crippen LogP contribution in [0.1, 0.15) is 23.6 Å². The monoisotopic (exact) mass is 313 g/mol. The Morgan fingerprint density at radius 3 is 2.61 bits per heavy atom. The summed E-state index contributed by atoms with van der Waals surface area (Å²) < 4.78 is 5.61. The lowest BCUT2D eigenvalue weighted by molar-refractivity contribution is 0.107. The molecule has 0 saturated heterocycles. The molecule has 0 saturated carbocycles. The average molecular weight is 313 g/mol. The highest BCUT2D eigenvalue weighted by atomic mass is 16.6. The maximum absolute atomic E-state index is 10.3. The van der Waals surface area contributed by atoms with E-state index in [1.54, 1.807) is 0 Å². The quantitative estimate of drug-likeness (QED) is 0.630. The highest BCUT2D eigenvalue weighted by Gasteiger charge is 2.12. The number of ether oxygens (including phenoxy) is 1. The van der Waals surface area contributed by atoms with Gasteiger partial charge >= 0.3 is 0 Å². The Labute approximate surface area is 137 Å². The van der Waals surface area contributed by atoms with Crippen molar-refractivity contribution in [3.8, 4) is 5.75 Å². The van der Waals surface area contributed by atoms with E-state index in [-0.39, 0.29) is 6.61 Å². The fraction of sp³-hybridized carbons (Fsp3) is 0.316. The minimum Gasteiger partial charge on any atom is -0.491 e. The molecule has 23 heavy (non-hydrogen) atoms. The molecule has 0 aliphatic heterocycles. The number of aryl methyl sites for hydroxylation is 1. The van der Waals surface area contributed by atoms with Crippen LogP contribution in [0.15, 0.2) is 53.7 Å². The van der Waals surface area contributed by atoms with Gasteiger partial charge in [0.15, 0.2) is 0 Å². The number of aliphatic hydroxyl groups is 1. The van der Waals surface area contributed by atoms with Crippen molar-refractivity contribution in [2.75, 3.05) is 13.7 Å². The van der Waals surface area contributed by atoms with Crippen molar-refractivity contribution in [3.05, 3.63) is 65.2 Å². The van der Waals surface area contributed by atoms with E-state index in [9.17, 15) is 5.11 Å². The van der Waals surface area contributed by atoms with Crippen LogP contribution in [0.3, 0.4) is 0 Å². The lowest BCUT2D eigenvalue weighted by Crippen LogP contribution is -2.21. The molecule has 0 aromatic heterocycles. The predicted molar refractivity (Wildman–Crippen MR) is 92.0 cm³/mol. The molecule has 122 valence electrons. The minimum atomic E-state index is -0.592. The van der Waals surface area contributed by atoms with Crippen molar-refractivity contribution in [2.24, 2.45) is 5.16 Å². The summed E-state index contributed by atoms with van der Waals surface area (Å²) in [5, 5.41) is 14.3. The first-order valence-corrected chi connectivity index (χ1v) is 7.63. The Hall–Kier alpha value is -2.33. The first-order chi connectivity index (χ1) is 11.1. The van der Waals surface area contributed by atoms with Gasteiger partial charge in [-0.1, -0.05) is 47.1 Å². The van der Waals surface area contributed by atoms with Gasteiger partial charge in [-0.05, 0) is 31.5 Å². The smallest absolute Gasteiger partial charge is 0.119 e. The number of hydrogen-bond acceptors (Lipinski definition) is 4. The third kappa shape index (κ3) is 5.11. The first kappa shape index (κ1) is 17.0. The van der Waals surface area contributed by atoms with E-state index in [2.05, 4.69) is 11.2 Å². The lowest BCUT2D eigenvalue weighted by Gasteiger charge is -2.15. The van der Waals surface area contributed by atoms with E-state index in [4.69, 9.17) is 9.57 Å². The van der Waals surface area contributed by atoms with Gasteiger partial charge in [-0.25, -0.2) is 0 Å². The van der Waals surface area contributed by atoms with Crippen LogP contribution in [0.4, 0.5) is 0 Å². The van der Waals surface area contributed by atoms with Crippen LogP contribution in [-0.4, -0.2) is 30.6 Å². The Balaban J connectivity index is 2.06. The molecule has 0 aliphatic carbocycles. The Bertz CT molecular complexity index is 653. The summed E-state index contributed by atoms with van der Waals surface area (Å²) in [5.41, 5.74) is 3.95. The highest BCUT2D eigenvalue weighted by molar-refractivity contribution is 5.99. The summed E-state index contributed by atoms with van der Waals surface area (Å²) in [6, 6.07) is 15.6. The average Bonchev–Trinajstić information content (AvgIpc) is 2.54. The molecular weight excluding hydrogens is 290 g/mol. The topological polar surface area (TPSA) is 51.0 Å². The maximum atomic E-state index is 10.3. The molecule has 1 N–H and O–H groups in total. The second-order valence-electron chi connectivity index (χ2n) is 5.50. The SMILES string of the molecule is CO/N=C(\C)c1ccc(C)cc1CC(O)COc1ccccc1. The number of oxime groups is 1. The fourth-order valence-electron chi connectivity index (χ4n) is 2.45. The first-order valence-electron chi connectivity index (χ1n) is 7.63. The molecule has 0 fully saturated rings. The van der Waals surface area contributed by atoms with Crippen LogP contribution < -0.4 is 4.74 Å². The van der Waals surface area contributed by atoms with Crippen LogP contribution in [-0.2, 0) is 11.3 Å². The number of aliphatic hydroxyl groups excluding tert-OH is 1.